The fourth-order valence-electron chi connectivity index (χ4n) is 2.62. The molecule has 0 aromatic carbocycles. The van der Waals surface area contributed by atoms with Gasteiger partial charge in [-0.25, -0.2) is 0 Å². The van der Waals surface area contributed by atoms with Gasteiger partial charge >= 0.3 is 0 Å². The molecule has 3 N–H and O–H groups in total. The van der Waals surface area contributed by atoms with Crippen molar-refractivity contribution in [3.8, 4) is 0 Å². The normalized spacial score (nSPS) is 25.2. The maximum absolute atomic E-state index is 12.2. The molecular weight excluding hydrogens is 258 g/mol. The lowest BCUT2D eigenvalue weighted by atomic mass is 10.00. The van der Waals surface area contributed by atoms with Gasteiger partial charge in [0.15, 0.2) is 0 Å². The van der Waals surface area contributed by atoms with Crippen LogP contribution in [0.5, 0.6) is 0 Å². The highest BCUT2D eigenvalue weighted by Gasteiger charge is 2.42. The molecule has 0 amide bonds. The Morgan fingerprint density at radius 2 is 1.71 bits per heavy atom. The summed E-state index contributed by atoms with van der Waals surface area (Å²) in [7, 11) is -3.43. The van der Waals surface area contributed by atoms with Crippen molar-refractivity contribution in [2.75, 3.05) is 13.1 Å². The molecule has 0 unspecified atom stereocenters. The Kier molecular flexibility index (Phi) is 3.72. The monoisotopic (exact) mass is 277 g/mol. The summed E-state index contributed by atoms with van der Waals surface area (Å²) in [5.74, 6) is 0. The molecular formula is C10H19N3O2S2. The molecule has 1 saturated carbocycles. The number of nitrogens with two attached hydrogens (primary N) is 1. The molecule has 5 nitrogen and oxygen atoms in total. The molecule has 2 rings (SSSR count). The fourth-order valence-corrected chi connectivity index (χ4v) is 4.61. The van der Waals surface area contributed by atoms with Crippen LogP contribution < -0.4 is 10.5 Å². The molecule has 7 heteroatoms. The molecule has 2 aliphatic rings. The van der Waals surface area contributed by atoms with Gasteiger partial charge in [0, 0.05) is 13.1 Å². The minimum absolute atomic E-state index is 0.276. The Hall–Kier alpha value is -0.240. The second-order valence-corrected chi connectivity index (χ2v) is 6.98. The highest BCUT2D eigenvalue weighted by atomic mass is 32.2. The molecule has 98 valence electrons. The van der Waals surface area contributed by atoms with E-state index in [-0.39, 0.29) is 4.99 Å². The SMILES string of the molecule is NC(=S)C1(NS(=O)(=O)N2CCCC2)CCCC1. The summed E-state index contributed by atoms with van der Waals surface area (Å²) in [6.45, 7) is 1.20. The average Bonchev–Trinajstić information content (AvgIpc) is 2.86. The third-order valence-electron chi connectivity index (χ3n) is 3.66. The largest absolute Gasteiger partial charge is 0.392 e. The van der Waals surface area contributed by atoms with Crippen LogP contribution in [-0.2, 0) is 10.2 Å². The van der Waals surface area contributed by atoms with E-state index in [2.05, 4.69) is 4.72 Å². The van der Waals surface area contributed by atoms with Crippen molar-refractivity contribution in [1.82, 2.24) is 9.03 Å². The van der Waals surface area contributed by atoms with Crippen molar-refractivity contribution < 1.29 is 8.42 Å². The third-order valence-corrected chi connectivity index (χ3v) is 5.74. The number of nitrogens with zero attached hydrogens (tertiary/aromatic N) is 1. The van der Waals surface area contributed by atoms with E-state index in [1.807, 2.05) is 0 Å². The van der Waals surface area contributed by atoms with Gasteiger partial charge in [-0.2, -0.15) is 17.4 Å². The smallest absolute Gasteiger partial charge is 0.280 e. The van der Waals surface area contributed by atoms with Gasteiger partial charge in [0.25, 0.3) is 10.2 Å². The molecule has 0 spiro atoms. The number of thiocarbonyl (C=S) groups is 1. The molecule has 1 aliphatic heterocycles. The average molecular weight is 277 g/mol. The van der Waals surface area contributed by atoms with Gasteiger partial charge in [0.2, 0.25) is 0 Å². The van der Waals surface area contributed by atoms with E-state index in [4.69, 9.17) is 18.0 Å². The van der Waals surface area contributed by atoms with Crippen molar-refractivity contribution in [1.29, 1.82) is 0 Å². The first-order valence-electron chi connectivity index (χ1n) is 6.05. The fraction of sp³-hybridized carbons (Fsp3) is 0.900. The number of hydrogen-bond donors (Lipinski definition) is 2. The number of nitrogens with one attached hydrogen (secondary N) is 1. The van der Waals surface area contributed by atoms with E-state index in [9.17, 15) is 8.42 Å². The predicted octanol–water partition coefficient (Wildman–Crippen LogP) is 0.515. The summed E-state index contributed by atoms with van der Waals surface area (Å²) in [4.78, 5) is 0.276. The van der Waals surface area contributed by atoms with Gasteiger partial charge in [-0.05, 0) is 25.7 Å². The quantitative estimate of drug-likeness (QED) is 0.734. The predicted molar refractivity (Wildman–Crippen MR) is 70.8 cm³/mol. The van der Waals surface area contributed by atoms with Crippen molar-refractivity contribution in [3.63, 3.8) is 0 Å². The first-order chi connectivity index (χ1) is 7.96. The van der Waals surface area contributed by atoms with Gasteiger partial charge in [0.1, 0.15) is 0 Å². The van der Waals surface area contributed by atoms with E-state index in [1.165, 1.54) is 4.31 Å². The van der Waals surface area contributed by atoms with E-state index in [0.717, 1.165) is 38.5 Å². The van der Waals surface area contributed by atoms with Crippen LogP contribution >= 0.6 is 12.2 Å². The lowest BCUT2D eigenvalue weighted by Gasteiger charge is -2.30. The van der Waals surface area contributed by atoms with Crippen LogP contribution in [0.1, 0.15) is 38.5 Å². The standard InChI is InChI=1S/C10H19N3O2S2/c11-9(16)10(5-1-2-6-10)12-17(14,15)13-7-3-4-8-13/h12H,1-8H2,(H2,11,16). The van der Waals surface area contributed by atoms with Crippen molar-refractivity contribution in [2.45, 2.75) is 44.1 Å². The Morgan fingerprint density at radius 1 is 1.18 bits per heavy atom. The molecule has 1 aliphatic carbocycles. The third kappa shape index (κ3) is 2.62. The Bertz CT molecular complexity index is 396. The minimum Gasteiger partial charge on any atom is -0.392 e. The molecule has 1 heterocycles. The Balaban J connectivity index is 2.15. The molecule has 0 atom stereocenters. The van der Waals surface area contributed by atoms with Crippen LogP contribution in [0.15, 0.2) is 0 Å². The minimum atomic E-state index is -3.43. The maximum atomic E-state index is 12.2. The second-order valence-electron chi connectivity index (χ2n) is 4.87. The summed E-state index contributed by atoms with van der Waals surface area (Å²) in [5, 5.41) is 0. The number of hydrogen-bond acceptors (Lipinski definition) is 3. The van der Waals surface area contributed by atoms with Crippen LogP contribution in [0.25, 0.3) is 0 Å². The zero-order chi connectivity index (χ0) is 12.5. The van der Waals surface area contributed by atoms with Crippen molar-refractivity contribution in [3.05, 3.63) is 0 Å². The van der Waals surface area contributed by atoms with Crippen LogP contribution in [-0.4, -0.2) is 36.3 Å². The number of rotatable bonds is 4. The first-order valence-corrected chi connectivity index (χ1v) is 7.90. The molecule has 0 aromatic heterocycles. The molecule has 1 saturated heterocycles. The molecule has 0 aromatic rings. The highest BCUT2D eigenvalue weighted by Crippen LogP contribution is 2.31. The summed E-state index contributed by atoms with van der Waals surface area (Å²) >= 11 is 5.04. The van der Waals surface area contributed by atoms with Crippen LogP contribution in [0.4, 0.5) is 0 Å². The zero-order valence-corrected chi connectivity index (χ0v) is 11.4. The van der Waals surface area contributed by atoms with E-state index in [1.54, 1.807) is 0 Å². The summed E-state index contributed by atoms with van der Waals surface area (Å²) in [6, 6.07) is 0. The van der Waals surface area contributed by atoms with Gasteiger partial charge < -0.3 is 5.73 Å². The molecule has 17 heavy (non-hydrogen) atoms. The zero-order valence-electron chi connectivity index (χ0n) is 9.81. The van der Waals surface area contributed by atoms with E-state index in [0.29, 0.717) is 13.1 Å². The Morgan fingerprint density at radius 3 is 2.18 bits per heavy atom. The van der Waals surface area contributed by atoms with E-state index < -0.39 is 15.7 Å². The second kappa shape index (κ2) is 4.79. The van der Waals surface area contributed by atoms with Gasteiger partial charge in [-0.3, -0.25) is 0 Å². The molecule has 2 fully saturated rings. The summed E-state index contributed by atoms with van der Waals surface area (Å²) < 4.78 is 28.6. The lowest BCUT2D eigenvalue weighted by Crippen LogP contribution is -2.57. The van der Waals surface area contributed by atoms with Gasteiger partial charge in [0.05, 0.1) is 10.5 Å². The topological polar surface area (TPSA) is 75.4 Å². The highest BCUT2D eigenvalue weighted by molar-refractivity contribution is 7.87. The van der Waals surface area contributed by atoms with Crippen LogP contribution in [0.3, 0.4) is 0 Å². The van der Waals surface area contributed by atoms with Gasteiger partial charge in [-0.1, -0.05) is 25.1 Å². The molecule has 0 bridgehead atoms. The van der Waals surface area contributed by atoms with Crippen LogP contribution in [0, 0.1) is 0 Å². The van der Waals surface area contributed by atoms with Crippen molar-refractivity contribution >= 4 is 27.4 Å². The lowest BCUT2D eigenvalue weighted by molar-refractivity contribution is 0.433. The molecule has 0 radical (unpaired) electrons. The van der Waals surface area contributed by atoms with Crippen molar-refractivity contribution in [2.24, 2.45) is 5.73 Å². The summed E-state index contributed by atoms with van der Waals surface area (Å²) in [5.41, 5.74) is 5.04. The first kappa shape index (κ1) is 13.2. The summed E-state index contributed by atoms with van der Waals surface area (Å²) in [6.07, 6.45) is 5.24. The van der Waals surface area contributed by atoms with E-state index >= 15 is 0 Å². The Labute approximate surface area is 108 Å². The maximum Gasteiger partial charge on any atom is 0.280 e. The van der Waals surface area contributed by atoms with Gasteiger partial charge in [-0.15, -0.1) is 0 Å². The van der Waals surface area contributed by atoms with Crippen LogP contribution in [0.2, 0.25) is 0 Å².